The zero-order chi connectivity index (χ0) is 22.9. The van der Waals surface area contributed by atoms with Crippen molar-refractivity contribution in [2.24, 2.45) is 0 Å². The van der Waals surface area contributed by atoms with E-state index in [0.29, 0.717) is 5.82 Å². The van der Waals surface area contributed by atoms with Gasteiger partial charge in [-0.05, 0) is 12.1 Å². The predicted octanol–water partition coefficient (Wildman–Crippen LogP) is 4.05. The molecule has 0 bridgehead atoms. The minimum Gasteiger partial charge on any atom is -0.480 e. The summed E-state index contributed by atoms with van der Waals surface area (Å²) in [6.45, 7) is 7.51. The van der Waals surface area contributed by atoms with E-state index in [0.717, 1.165) is 11.3 Å². The van der Waals surface area contributed by atoms with Crippen LogP contribution in [0.4, 0.5) is 0 Å². The van der Waals surface area contributed by atoms with Gasteiger partial charge in [0.25, 0.3) is 5.91 Å². The van der Waals surface area contributed by atoms with Gasteiger partial charge in [0.1, 0.15) is 6.54 Å². The molecule has 2 aromatic carbocycles. The molecule has 3 aromatic rings. The van der Waals surface area contributed by atoms with E-state index in [2.05, 4.69) is 28.2 Å². The van der Waals surface area contributed by atoms with Crippen LogP contribution >= 0.6 is 0 Å². The molecular formula is C23H28N4O3. The summed E-state index contributed by atoms with van der Waals surface area (Å²) >= 11 is 0. The topological polar surface area (TPSA) is 97.1 Å². The molecule has 1 aromatic heterocycles. The van der Waals surface area contributed by atoms with E-state index < -0.39 is 18.4 Å². The zero-order valence-corrected chi connectivity index (χ0v) is 17.7. The van der Waals surface area contributed by atoms with Crippen LogP contribution in [-0.2, 0) is 4.79 Å². The molecule has 0 aliphatic rings. The number of carboxylic acid groups (broad SMARTS) is 1. The number of para-hydroxylation sites is 1. The highest BCUT2D eigenvalue weighted by molar-refractivity contribution is 5.92. The molecule has 7 nitrogen and oxygen atoms in total. The second-order valence-corrected chi connectivity index (χ2v) is 4.95. The van der Waals surface area contributed by atoms with E-state index in [-0.39, 0.29) is 5.82 Å². The fraction of sp³-hybridized carbons (Fsp3) is 0.217. The van der Waals surface area contributed by atoms with Gasteiger partial charge in [-0.1, -0.05) is 76.2 Å². The number of rotatable bonds is 5. The Morgan fingerprint density at radius 2 is 1.43 bits per heavy atom. The third-order valence-corrected chi connectivity index (χ3v) is 3.24. The highest BCUT2D eigenvalue weighted by atomic mass is 16.4. The molecule has 3 rings (SSSR count). The second kappa shape index (κ2) is 15.1. The van der Waals surface area contributed by atoms with Gasteiger partial charge in [0.2, 0.25) is 5.82 Å². The Morgan fingerprint density at radius 3 is 1.93 bits per heavy atom. The van der Waals surface area contributed by atoms with Crippen molar-refractivity contribution >= 4 is 11.9 Å². The number of nitrogens with one attached hydrogen (secondary N) is 1. The Balaban J connectivity index is 0.00000129. The minimum atomic E-state index is -1.13. The number of aromatic nitrogens is 3. The van der Waals surface area contributed by atoms with Crippen molar-refractivity contribution in [3.63, 3.8) is 0 Å². The minimum absolute atomic E-state index is 0.0843. The molecule has 2 N–H and O–H groups in total. The average molecular weight is 409 g/mol. The van der Waals surface area contributed by atoms with Crippen LogP contribution in [0.3, 0.4) is 0 Å². The number of carboxylic acids is 1. The molecule has 7 heteroatoms. The first kappa shape index (κ1) is 26.1. The lowest BCUT2D eigenvalue weighted by molar-refractivity contribution is -0.135. The Hall–Kier alpha value is -3.92. The van der Waals surface area contributed by atoms with Crippen LogP contribution in [0.1, 0.15) is 38.3 Å². The Labute approximate surface area is 177 Å². The summed E-state index contributed by atoms with van der Waals surface area (Å²) in [5.41, 5.74) is 1.55. The van der Waals surface area contributed by atoms with Crippen LogP contribution in [0.25, 0.3) is 17.1 Å². The largest absolute Gasteiger partial charge is 0.480 e. The highest BCUT2D eigenvalue weighted by Crippen LogP contribution is 2.20. The van der Waals surface area contributed by atoms with E-state index in [4.69, 9.17) is 5.11 Å². The van der Waals surface area contributed by atoms with Crippen LogP contribution < -0.4 is 5.32 Å². The molecular weight excluding hydrogens is 380 g/mol. The molecule has 0 radical (unpaired) electrons. The van der Waals surface area contributed by atoms with E-state index in [9.17, 15) is 9.59 Å². The van der Waals surface area contributed by atoms with Crippen LogP contribution in [0.15, 0.2) is 60.7 Å². The monoisotopic (exact) mass is 408 g/mol. The van der Waals surface area contributed by atoms with Crippen LogP contribution in [0.5, 0.6) is 0 Å². The molecule has 158 valence electrons. The summed E-state index contributed by atoms with van der Waals surface area (Å²) in [4.78, 5) is 26.9. The fourth-order valence-electron chi connectivity index (χ4n) is 2.17. The van der Waals surface area contributed by atoms with E-state index in [1.54, 1.807) is 4.68 Å². The SMILES string of the molecule is C#C.CC.CC.O=C(O)CNC(=O)c1nc(-c2ccccc2)n(-c2ccccc2)n1. The molecule has 0 unspecified atom stereocenters. The van der Waals surface area contributed by atoms with E-state index >= 15 is 0 Å². The first-order chi connectivity index (χ1) is 14.6. The fourth-order valence-corrected chi connectivity index (χ4v) is 2.17. The number of carbonyl (C=O) groups is 2. The van der Waals surface area contributed by atoms with E-state index in [1.165, 1.54) is 0 Å². The third-order valence-electron chi connectivity index (χ3n) is 3.24. The molecule has 0 saturated carbocycles. The number of hydrogen-bond acceptors (Lipinski definition) is 4. The average Bonchev–Trinajstić information content (AvgIpc) is 3.28. The maximum atomic E-state index is 12.1. The summed E-state index contributed by atoms with van der Waals surface area (Å²) in [6, 6.07) is 18.6. The van der Waals surface area contributed by atoms with Gasteiger partial charge < -0.3 is 10.4 Å². The third kappa shape index (κ3) is 7.60. The molecule has 0 fully saturated rings. The van der Waals surface area contributed by atoms with Gasteiger partial charge in [-0.25, -0.2) is 9.67 Å². The number of amides is 1. The molecule has 0 atom stereocenters. The maximum absolute atomic E-state index is 12.1. The molecule has 0 saturated heterocycles. The normalized spacial score (nSPS) is 8.73. The standard InChI is InChI=1S/C17H14N4O3.2C2H6.C2H2/c22-14(23)11-18-17(24)15-19-16(12-7-3-1-4-8-12)21(20-15)13-9-5-2-6-10-13;3*1-2/h1-10H,11H2,(H,18,24)(H,22,23);2*1-2H3;1-2H. The molecule has 30 heavy (non-hydrogen) atoms. The number of carbonyl (C=O) groups excluding carboxylic acids is 1. The van der Waals surface area contributed by atoms with Crippen molar-refractivity contribution in [1.82, 2.24) is 20.1 Å². The zero-order valence-electron chi connectivity index (χ0n) is 17.7. The summed E-state index contributed by atoms with van der Waals surface area (Å²) in [5, 5.41) is 15.2. The van der Waals surface area contributed by atoms with Crippen LogP contribution in [0.2, 0.25) is 0 Å². The van der Waals surface area contributed by atoms with Gasteiger partial charge in [0, 0.05) is 5.56 Å². The first-order valence-electron chi connectivity index (χ1n) is 9.56. The Kier molecular flexibility index (Phi) is 13.1. The van der Waals surface area contributed by atoms with Crippen molar-refractivity contribution < 1.29 is 14.7 Å². The van der Waals surface area contributed by atoms with Gasteiger partial charge in [0.15, 0.2) is 5.82 Å². The van der Waals surface area contributed by atoms with Crippen molar-refractivity contribution in [2.45, 2.75) is 27.7 Å². The van der Waals surface area contributed by atoms with Gasteiger partial charge in [0.05, 0.1) is 5.69 Å². The van der Waals surface area contributed by atoms with Gasteiger partial charge in [-0.2, -0.15) is 0 Å². The number of benzene rings is 2. The lowest BCUT2D eigenvalue weighted by Gasteiger charge is -2.05. The lowest BCUT2D eigenvalue weighted by atomic mass is 10.2. The van der Waals surface area contributed by atoms with Crippen LogP contribution in [0, 0.1) is 12.8 Å². The first-order valence-corrected chi connectivity index (χ1v) is 9.56. The number of nitrogens with zero attached hydrogens (tertiary/aromatic N) is 3. The molecule has 1 amide bonds. The van der Waals surface area contributed by atoms with Crippen molar-refractivity contribution in [1.29, 1.82) is 0 Å². The predicted molar refractivity (Wildman–Crippen MR) is 119 cm³/mol. The van der Waals surface area contributed by atoms with Gasteiger partial charge in [-0.15, -0.1) is 17.9 Å². The number of hydrogen-bond donors (Lipinski definition) is 2. The summed E-state index contributed by atoms with van der Waals surface area (Å²) in [7, 11) is 0. The smallest absolute Gasteiger partial charge is 0.322 e. The summed E-state index contributed by atoms with van der Waals surface area (Å²) in [5.74, 6) is -1.35. The molecule has 0 spiro atoms. The van der Waals surface area contributed by atoms with Gasteiger partial charge in [-0.3, -0.25) is 9.59 Å². The van der Waals surface area contributed by atoms with E-state index in [1.807, 2.05) is 88.4 Å². The molecule has 1 heterocycles. The summed E-state index contributed by atoms with van der Waals surface area (Å²) in [6.07, 6.45) is 8.00. The Bertz CT molecular complexity index is 847. The van der Waals surface area contributed by atoms with Crippen LogP contribution in [-0.4, -0.2) is 38.3 Å². The van der Waals surface area contributed by atoms with Crippen molar-refractivity contribution in [3.05, 3.63) is 66.5 Å². The number of aliphatic carboxylic acids is 1. The van der Waals surface area contributed by atoms with Crippen molar-refractivity contribution in [3.8, 4) is 29.9 Å². The van der Waals surface area contributed by atoms with Crippen molar-refractivity contribution in [2.75, 3.05) is 6.54 Å². The molecule has 0 aliphatic heterocycles. The number of terminal acetylenes is 1. The van der Waals surface area contributed by atoms with Gasteiger partial charge >= 0.3 is 5.97 Å². The maximum Gasteiger partial charge on any atom is 0.322 e. The highest BCUT2D eigenvalue weighted by Gasteiger charge is 2.18. The summed E-state index contributed by atoms with van der Waals surface area (Å²) < 4.78 is 1.56. The lowest BCUT2D eigenvalue weighted by Crippen LogP contribution is -2.30. The Morgan fingerprint density at radius 1 is 0.933 bits per heavy atom. The second-order valence-electron chi connectivity index (χ2n) is 4.95. The quantitative estimate of drug-likeness (QED) is 0.621. The molecule has 0 aliphatic carbocycles.